The van der Waals surface area contributed by atoms with Crippen molar-refractivity contribution in [2.24, 2.45) is 0 Å². The molecule has 8 unspecified atom stereocenters. The first-order valence-corrected chi connectivity index (χ1v) is 20.6. The molecule has 13 nitrogen and oxygen atoms in total. The van der Waals surface area contributed by atoms with Gasteiger partial charge in [0, 0.05) is 6.42 Å². The van der Waals surface area contributed by atoms with Crippen LogP contribution in [-0.2, 0) is 28.9 Å². The third-order valence-electron chi connectivity index (χ3n) is 8.62. The molecule has 1 heterocycles. The zero-order chi connectivity index (χ0) is 39.3. The number of nitrogens with one attached hydrogen (secondary N) is 1. The summed E-state index contributed by atoms with van der Waals surface area (Å²) < 4.78 is 47.2. The van der Waals surface area contributed by atoms with Crippen molar-refractivity contribution in [2.75, 3.05) is 13.2 Å². The van der Waals surface area contributed by atoms with Crippen molar-refractivity contribution in [3.05, 3.63) is 60.8 Å². The molecule has 1 fully saturated rings. The van der Waals surface area contributed by atoms with Crippen molar-refractivity contribution in [3.8, 4) is 0 Å². The minimum absolute atomic E-state index is 0.0205. The fourth-order valence-corrected chi connectivity index (χ4v) is 5.97. The molecule has 8 atom stereocenters. The molecule has 0 spiro atoms. The van der Waals surface area contributed by atoms with Crippen LogP contribution in [0, 0.1) is 0 Å². The van der Waals surface area contributed by atoms with E-state index in [4.69, 9.17) is 14.0 Å². The molecule has 7 N–H and O–H groups in total. The molecule has 14 heteroatoms. The van der Waals surface area contributed by atoms with E-state index in [0.29, 0.717) is 12.8 Å². The van der Waals surface area contributed by atoms with E-state index >= 15 is 0 Å². The van der Waals surface area contributed by atoms with Gasteiger partial charge in [0.2, 0.25) is 5.91 Å². The van der Waals surface area contributed by atoms with Gasteiger partial charge in [-0.25, -0.2) is 4.18 Å². The lowest BCUT2D eigenvalue weighted by Crippen LogP contribution is -2.61. The predicted octanol–water partition coefficient (Wildman–Crippen LogP) is 4.90. The second-order valence-corrected chi connectivity index (χ2v) is 14.3. The number of hydrogen-bond acceptors (Lipinski definition) is 11. The van der Waals surface area contributed by atoms with Gasteiger partial charge in [-0.2, -0.15) is 8.42 Å². The zero-order valence-corrected chi connectivity index (χ0v) is 32.5. The molecule has 1 saturated heterocycles. The van der Waals surface area contributed by atoms with Crippen LogP contribution >= 0.6 is 0 Å². The summed E-state index contributed by atoms with van der Waals surface area (Å²) >= 11 is 0. The number of amides is 1. The quantitative estimate of drug-likeness (QED) is 0.0295. The van der Waals surface area contributed by atoms with E-state index < -0.39 is 78.5 Å². The number of ether oxygens (including phenoxy) is 2. The molecule has 1 rings (SSSR count). The molecule has 0 aromatic rings. The summed E-state index contributed by atoms with van der Waals surface area (Å²) in [6.45, 7) is 3.04. The Morgan fingerprint density at radius 2 is 1.34 bits per heavy atom. The molecular formula is C39H67NO12S. The van der Waals surface area contributed by atoms with Crippen molar-refractivity contribution in [1.29, 1.82) is 0 Å². The molecule has 0 aromatic carbocycles. The van der Waals surface area contributed by atoms with Gasteiger partial charge < -0.3 is 40.3 Å². The van der Waals surface area contributed by atoms with Gasteiger partial charge in [0.15, 0.2) is 6.29 Å². The Labute approximate surface area is 317 Å². The van der Waals surface area contributed by atoms with E-state index in [-0.39, 0.29) is 6.42 Å². The van der Waals surface area contributed by atoms with Crippen LogP contribution in [0.25, 0.3) is 0 Å². The number of hydrogen-bond donors (Lipinski definition) is 7. The average Bonchev–Trinajstić information content (AvgIpc) is 3.12. The number of carbonyl (C=O) groups is 1. The lowest BCUT2D eigenvalue weighted by molar-refractivity contribution is -0.298. The van der Waals surface area contributed by atoms with Gasteiger partial charge in [0.05, 0.1) is 25.4 Å². The summed E-state index contributed by atoms with van der Waals surface area (Å²) in [4.78, 5) is 13.0. The number of rotatable bonds is 30. The second kappa shape index (κ2) is 30.0. The van der Waals surface area contributed by atoms with Crippen molar-refractivity contribution in [3.63, 3.8) is 0 Å². The van der Waals surface area contributed by atoms with Crippen molar-refractivity contribution >= 4 is 16.3 Å². The van der Waals surface area contributed by atoms with Gasteiger partial charge in [-0.3, -0.25) is 9.35 Å². The first-order chi connectivity index (χ1) is 25.4. The summed E-state index contributed by atoms with van der Waals surface area (Å²) in [6.07, 6.45) is 23.5. The first kappa shape index (κ1) is 48.8. The molecule has 0 aliphatic carbocycles. The number of aliphatic hydroxyl groups excluding tert-OH is 5. The predicted molar refractivity (Wildman–Crippen MR) is 205 cm³/mol. The fourth-order valence-electron chi connectivity index (χ4n) is 5.46. The maximum Gasteiger partial charge on any atom is 0.397 e. The summed E-state index contributed by atoms with van der Waals surface area (Å²) in [5.74, 6) is -0.789. The molecule has 0 bridgehead atoms. The van der Waals surface area contributed by atoms with Crippen LogP contribution in [0.2, 0.25) is 0 Å². The van der Waals surface area contributed by atoms with Gasteiger partial charge in [-0.1, -0.05) is 120 Å². The zero-order valence-electron chi connectivity index (χ0n) is 31.7. The fraction of sp³-hybridized carbons (Fsp3) is 0.718. The first-order valence-electron chi connectivity index (χ1n) is 19.3. The maximum absolute atomic E-state index is 13.0. The summed E-state index contributed by atoms with van der Waals surface area (Å²) in [7, 11) is -5.13. The Kier molecular flexibility index (Phi) is 27.6. The van der Waals surface area contributed by atoms with Crippen LogP contribution in [0.4, 0.5) is 0 Å². The van der Waals surface area contributed by atoms with Crippen molar-refractivity contribution in [1.82, 2.24) is 5.32 Å². The highest BCUT2D eigenvalue weighted by atomic mass is 32.3. The Balaban J connectivity index is 2.81. The van der Waals surface area contributed by atoms with Crippen molar-refractivity contribution in [2.45, 2.75) is 166 Å². The van der Waals surface area contributed by atoms with Crippen molar-refractivity contribution < 1.29 is 57.0 Å². The summed E-state index contributed by atoms with van der Waals surface area (Å²) in [5.41, 5.74) is 0. The molecular weight excluding hydrogens is 706 g/mol. The highest BCUT2D eigenvalue weighted by Crippen LogP contribution is 2.26. The van der Waals surface area contributed by atoms with Crippen LogP contribution in [0.15, 0.2) is 60.8 Å². The molecule has 1 aliphatic rings. The van der Waals surface area contributed by atoms with E-state index in [9.17, 15) is 38.7 Å². The number of aliphatic hydroxyl groups is 5. The van der Waals surface area contributed by atoms with Gasteiger partial charge >= 0.3 is 10.4 Å². The highest BCUT2D eigenvalue weighted by molar-refractivity contribution is 7.80. The Bertz CT molecular complexity index is 1200. The van der Waals surface area contributed by atoms with Crippen LogP contribution in [-0.4, -0.2) is 107 Å². The minimum atomic E-state index is -5.13. The summed E-state index contributed by atoms with van der Waals surface area (Å²) in [5, 5.41) is 54.7. The van der Waals surface area contributed by atoms with E-state index in [1.165, 1.54) is 51.0 Å². The lowest BCUT2D eigenvalue weighted by atomic mass is 9.99. The Morgan fingerprint density at radius 3 is 1.98 bits per heavy atom. The molecule has 53 heavy (non-hydrogen) atoms. The van der Waals surface area contributed by atoms with Gasteiger partial charge in [0.25, 0.3) is 0 Å². The standard InChI is InChI=1S/C39H67NO12S/c1-3-5-7-9-11-13-15-17-19-21-23-25-27-32(42)31(30-50-39-36(45)37(52-53(47,48)49)35(44)34(29-41)51-39)40-38(46)33(43)28-26-24-22-20-18-16-14-12-10-8-6-4-2/h9,11,17-20,24-27,31-37,39,41-45H,3-8,10,12-16,21-23,28-30H2,1-2H3,(H,40,46)(H,47,48,49)/b11-9+,19-17+,20-18-,26-24-,27-25+. The normalized spacial score (nSPS) is 23.2. The van der Waals surface area contributed by atoms with Crippen LogP contribution < -0.4 is 5.32 Å². The van der Waals surface area contributed by atoms with Crippen LogP contribution in [0.3, 0.4) is 0 Å². The molecule has 0 aromatic heterocycles. The van der Waals surface area contributed by atoms with Gasteiger partial charge in [-0.15, -0.1) is 0 Å². The third kappa shape index (κ3) is 23.3. The number of carbonyl (C=O) groups excluding carboxylic acids is 1. The SMILES string of the molecule is CCCC/C=C/CC/C=C/CC/C=C/C(O)C(COC1OC(CO)C(O)C(OS(=O)(=O)O)C1O)NC(=O)C(O)C/C=C\C/C=C\CCCCCCCC. The van der Waals surface area contributed by atoms with E-state index in [1.54, 1.807) is 12.2 Å². The van der Waals surface area contributed by atoms with Crippen LogP contribution in [0.1, 0.15) is 117 Å². The van der Waals surface area contributed by atoms with Gasteiger partial charge in [-0.05, 0) is 51.4 Å². The maximum atomic E-state index is 13.0. The Hall–Kier alpha value is -2.24. The van der Waals surface area contributed by atoms with E-state index in [2.05, 4.69) is 47.7 Å². The molecule has 1 amide bonds. The largest absolute Gasteiger partial charge is 0.397 e. The van der Waals surface area contributed by atoms with E-state index in [1.807, 2.05) is 18.2 Å². The third-order valence-corrected chi connectivity index (χ3v) is 9.08. The van der Waals surface area contributed by atoms with Crippen LogP contribution in [0.5, 0.6) is 0 Å². The Morgan fingerprint density at radius 1 is 0.774 bits per heavy atom. The second-order valence-electron chi connectivity index (χ2n) is 13.3. The molecule has 0 saturated carbocycles. The number of allylic oxidation sites excluding steroid dienone is 8. The topological polar surface area (TPSA) is 212 Å². The molecule has 1 aliphatic heterocycles. The van der Waals surface area contributed by atoms with E-state index in [0.717, 1.165) is 38.5 Å². The van der Waals surface area contributed by atoms with Gasteiger partial charge in [0.1, 0.15) is 30.5 Å². The summed E-state index contributed by atoms with van der Waals surface area (Å²) in [6, 6.07) is -1.17. The minimum Gasteiger partial charge on any atom is -0.394 e. The average molecular weight is 774 g/mol. The highest BCUT2D eigenvalue weighted by Gasteiger charge is 2.48. The molecule has 306 valence electrons. The lowest BCUT2D eigenvalue weighted by Gasteiger charge is -2.41. The monoisotopic (exact) mass is 773 g/mol. The smallest absolute Gasteiger partial charge is 0.394 e. The molecule has 0 radical (unpaired) electrons. The number of unbranched alkanes of at least 4 members (excludes halogenated alkanes) is 10.